The van der Waals surface area contributed by atoms with E-state index in [4.69, 9.17) is 9.84 Å². The van der Waals surface area contributed by atoms with Crippen molar-refractivity contribution in [2.75, 3.05) is 19.8 Å². The van der Waals surface area contributed by atoms with E-state index in [1.54, 1.807) is 12.1 Å². The van der Waals surface area contributed by atoms with Crippen molar-refractivity contribution in [3.8, 4) is 0 Å². The number of ether oxygens (including phenoxy) is 1. The topological polar surface area (TPSA) is 75.6 Å². The monoisotopic (exact) mass is 237 g/mol. The first kappa shape index (κ1) is 13.2. The molecule has 0 aliphatic carbocycles. The van der Waals surface area contributed by atoms with Crippen LogP contribution in [0.4, 0.5) is 0 Å². The number of carboxylic acids is 1. The van der Waals surface area contributed by atoms with E-state index in [9.17, 15) is 9.59 Å². The smallest absolute Gasteiger partial charge is 0.335 e. The van der Waals surface area contributed by atoms with Crippen molar-refractivity contribution in [3.63, 3.8) is 0 Å². The van der Waals surface area contributed by atoms with Crippen LogP contribution in [-0.2, 0) is 4.74 Å². The lowest BCUT2D eigenvalue weighted by Gasteiger charge is -2.05. The van der Waals surface area contributed by atoms with E-state index in [0.29, 0.717) is 25.3 Å². The maximum atomic E-state index is 11.6. The van der Waals surface area contributed by atoms with Crippen LogP contribution < -0.4 is 5.32 Å². The van der Waals surface area contributed by atoms with Gasteiger partial charge >= 0.3 is 5.97 Å². The maximum absolute atomic E-state index is 11.6. The van der Waals surface area contributed by atoms with Crippen molar-refractivity contribution in [3.05, 3.63) is 35.4 Å². The number of rotatable bonds is 6. The van der Waals surface area contributed by atoms with Gasteiger partial charge in [0.05, 0.1) is 12.2 Å². The summed E-state index contributed by atoms with van der Waals surface area (Å²) in [6, 6.07) is 5.90. The number of hydrogen-bond acceptors (Lipinski definition) is 3. The highest BCUT2D eigenvalue weighted by molar-refractivity contribution is 5.97. The largest absolute Gasteiger partial charge is 0.478 e. The molecule has 1 amide bonds. The van der Waals surface area contributed by atoms with Gasteiger partial charge in [-0.15, -0.1) is 0 Å². The Morgan fingerprint density at radius 3 is 2.71 bits per heavy atom. The first-order valence-electron chi connectivity index (χ1n) is 5.34. The molecule has 1 rings (SSSR count). The lowest BCUT2D eigenvalue weighted by atomic mass is 10.1. The number of aromatic carboxylic acids is 1. The molecule has 0 radical (unpaired) electrons. The summed E-state index contributed by atoms with van der Waals surface area (Å²) in [5, 5.41) is 11.4. The number of hydrogen-bond donors (Lipinski definition) is 2. The Labute approximate surface area is 99.4 Å². The third kappa shape index (κ3) is 4.24. The van der Waals surface area contributed by atoms with Gasteiger partial charge < -0.3 is 15.2 Å². The Hall–Kier alpha value is -1.88. The van der Waals surface area contributed by atoms with Gasteiger partial charge in [-0.05, 0) is 25.1 Å². The Kier molecular flexibility index (Phi) is 5.16. The van der Waals surface area contributed by atoms with Crippen LogP contribution in [0.5, 0.6) is 0 Å². The van der Waals surface area contributed by atoms with Crippen molar-refractivity contribution < 1.29 is 19.4 Å². The fourth-order valence-corrected chi connectivity index (χ4v) is 1.28. The fraction of sp³-hybridized carbons (Fsp3) is 0.333. The number of carboxylic acid groups (broad SMARTS) is 1. The Morgan fingerprint density at radius 2 is 2.06 bits per heavy atom. The van der Waals surface area contributed by atoms with E-state index in [1.807, 2.05) is 6.92 Å². The summed E-state index contributed by atoms with van der Waals surface area (Å²) in [4.78, 5) is 22.3. The predicted molar refractivity (Wildman–Crippen MR) is 62.2 cm³/mol. The number of carbonyl (C=O) groups excluding carboxylic acids is 1. The van der Waals surface area contributed by atoms with E-state index >= 15 is 0 Å². The lowest BCUT2D eigenvalue weighted by molar-refractivity contribution is 0.0697. The average molecular weight is 237 g/mol. The molecule has 0 saturated carbocycles. The molecule has 0 bridgehead atoms. The molecule has 0 saturated heterocycles. The molecule has 0 aromatic heterocycles. The van der Waals surface area contributed by atoms with E-state index < -0.39 is 5.97 Å². The van der Waals surface area contributed by atoms with E-state index in [-0.39, 0.29) is 11.5 Å². The van der Waals surface area contributed by atoms with Gasteiger partial charge in [0.1, 0.15) is 0 Å². The molecule has 0 fully saturated rings. The number of carbonyl (C=O) groups is 2. The van der Waals surface area contributed by atoms with Crippen molar-refractivity contribution in [2.24, 2.45) is 0 Å². The second-order valence-electron chi connectivity index (χ2n) is 3.34. The Bertz CT molecular complexity index is 403. The summed E-state index contributed by atoms with van der Waals surface area (Å²) < 4.78 is 5.07. The maximum Gasteiger partial charge on any atom is 0.335 e. The first-order valence-corrected chi connectivity index (χ1v) is 5.34. The first-order chi connectivity index (χ1) is 8.15. The molecule has 0 heterocycles. The van der Waals surface area contributed by atoms with Crippen LogP contribution in [0.3, 0.4) is 0 Å². The Morgan fingerprint density at radius 1 is 1.35 bits per heavy atom. The second kappa shape index (κ2) is 6.65. The summed E-state index contributed by atoms with van der Waals surface area (Å²) in [5.74, 6) is -1.35. The lowest BCUT2D eigenvalue weighted by Crippen LogP contribution is -2.27. The zero-order valence-corrected chi connectivity index (χ0v) is 9.60. The van der Waals surface area contributed by atoms with Crippen molar-refractivity contribution in [2.45, 2.75) is 6.92 Å². The molecule has 1 aromatic rings. The number of benzene rings is 1. The fourth-order valence-electron chi connectivity index (χ4n) is 1.28. The zero-order valence-electron chi connectivity index (χ0n) is 9.60. The number of nitrogens with one attached hydrogen (secondary N) is 1. The molecule has 0 aliphatic heterocycles. The van der Waals surface area contributed by atoms with Crippen molar-refractivity contribution >= 4 is 11.9 Å². The Balaban J connectivity index is 2.56. The molecule has 92 valence electrons. The van der Waals surface area contributed by atoms with Crippen LogP contribution in [0.2, 0.25) is 0 Å². The van der Waals surface area contributed by atoms with Gasteiger partial charge in [0.2, 0.25) is 0 Å². The average Bonchev–Trinajstić information content (AvgIpc) is 2.34. The van der Waals surface area contributed by atoms with Crippen molar-refractivity contribution in [1.29, 1.82) is 0 Å². The third-order valence-electron chi connectivity index (χ3n) is 2.11. The zero-order chi connectivity index (χ0) is 12.7. The summed E-state index contributed by atoms with van der Waals surface area (Å²) in [6.45, 7) is 3.33. The van der Waals surface area contributed by atoms with Gasteiger partial charge in [0.15, 0.2) is 0 Å². The molecule has 0 unspecified atom stereocenters. The number of amides is 1. The van der Waals surface area contributed by atoms with Crippen LogP contribution in [0.15, 0.2) is 24.3 Å². The van der Waals surface area contributed by atoms with Gasteiger partial charge in [0, 0.05) is 18.7 Å². The molecule has 17 heavy (non-hydrogen) atoms. The van der Waals surface area contributed by atoms with E-state index in [1.165, 1.54) is 12.1 Å². The highest BCUT2D eigenvalue weighted by atomic mass is 16.5. The van der Waals surface area contributed by atoms with E-state index in [0.717, 1.165) is 0 Å². The third-order valence-corrected chi connectivity index (χ3v) is 2.11. The van der Waals surface area contributed by atoms with Crippen molar-refractivity contribution in [1.82, 2.24) is 5.32 Å². The minimum atomic E-state index is -1.05. The summed E-state index contributed by atoms with van der Waals surface area (Å²) in [5.41, 5.74) is 0.434. The van der Waals surface area contributed by atoms with Gasteiger partial charge in [-0.2, -0.15) is 0 Å². The second-order valence-corrected chi connectivity index (χ2v) is 3.34. The molecule has 0 aliphatic rings. The normalized spacial score (nSPS) is 9.94. The quantitative estimate of drug-likeness (QED) is 0.728. The minimum absolute atomic E-state index is 0.0995. The van der Waals surface area contributed by atoms with Gasteiger partial charge in [-0.3, -0.25) is 4.79 Å². The highest BCUT2D eigenvalue weighted by Gasteiger charge is 2.08. The molecule has 0 spiro atoms. The SMILES string of the molecule is CCOCCNC(=O)c1cccc(C(=O)O)c1. The van der Waals surface area contributed by atoms with Gasteiger partial charge in [-0.1, -0.05) is 6.07 Å². The van der Waals surface area contributed by atoms with E-state index in [2.05, 4.69) is 5.32 Å². The molecular formula is C12H15NO4. The predicted octanol–water partition coefficient (Wildman–Crippen LogP) is 1.15. The molecule has 5 nitrogen and oxygen atoms in total. The summed E-state index contributed by atoms with van der Waals surface area (Å²) in [6.07, 6.45) is 0. The molecule has 5 heteroatoms. The summed E-state index contributed by atoms with van der Waals surface area (Å²) in [7, 11) is 0. The van der Waals surface area contributed by atoms with Gasteiger partial charge in [0.25, 0.3) is 5.91 Å². The van der Waals surface area contributed by atoms with Crippen LogP contribution in [-0.4, -0.2) is 36.7 Å². The minimum Gasteiger partial charge on any atom is -0.478 e. The summed E-state index contributed by atoms with van der Waals surface area (Å²) >= 11 is 0. The molecule has 1 aromatic carbocycles. The van der Waals surface area contributed by atoms with Crippen LogP contribution >= 0.6 is 0 Å². The standard InChI is InChI=1S/C12H15NO4/c1-2-17-7-6-13-11(14)9-4-3-5-10(8-9)12(15)16/h3-5,8H,2,6-7H2,1H3,(H,13,14)(H,15,16). The molecular weight excluding hydrogens is 222 g/mol. The highest BCUT2D eigenvalue weighted by Crippen LogP contribution is 2.05. The molecule has 0 atom stereocenters. The van der Waals surface area contributed by atoms with Crippen LogP contribution in [0.1, 0.15) is 27.6 Å². The van der Waals surface area contributed by atoms with Gasteiger partial charge in [-0.25, -0.2) is 4.79 Å². The molecule has 2 N–H and O–H groups in total. The van der Waals surface area contributed by atoms with Crippen LogP contribution in [0.25, 0.3) is 0 Å². The van der Waals surface area contributed by atoms with Crippen LogP contribution in [0, 0.1) is 0 Å².